The van der Waals surface area contributed by atoms with Crippen molar-refractivity contribution in [2.45, 2.75) is 6.18 Å². The summed E-state index contributed by atoms with van der Waals surface area (Å²) in [5, 5.41) is 0.0532. The van der Waals surface area contributed by atoms with Crippen LogP contribution in [0.4, 0.5) is 22.7 Å². The van der Waals surface area contributed by atoms with Crippen LogP contribution in [0.1, 0.15) is 5.56 Å². The van der Waals surface area contributed by atoms with E-state index in [0.29, 0.717) is 6.07 Å². The fourth-order valence-corrected chi connectivity index (χ4v) is 1.74. The van der Waals surface area contributed by atoms with Crippen LogP contribution in [0.25, 0.3) is 11.4 Å². The first-order chi connectivity index (χ1) is 7.88. The Hall–Kier alpha value is -1.70. The maximum Gasteiger partial charge on any atom is 0.417 e. The second-order valence-electron chi connectivity index (χ2n) is 3.14. The van der Waals surface area contributed by atoms with Crippen molar-refractivity contribution < 1.29 is 17.6 Å². The van der Waals surface area contributed by atoms with Crippen LogP contribution in [0.15, 0.2) is 18.2 Å². The Morgan fingerprint density at radius 2 is 1.94 bits per heavy atom. The summed E-state index contributed by atoms with van der Waals surface area (Å²) in [6.45, 7) is 0. The van der Waals surface area contributed by atoms with Crippen molar-refractivity contribution in [2.75, 3.05) is 5.73 Å². The molecule has 0 bridgehead atoms. The molecule has 0 fully saturated rings. The van der Waals surface area contributed by atoms with Gasteiger partial charge in [0.2, 0.25) is 0 Å². The third-order valence-corrected chi connectivity index (χ3v) is 2.51. The molecular formula is C9H5F4N3S. The fraction of sp³-hybridized carbons (Fsp3) is 0.111. The standard InChI is InChI=1S/C9H5F4N3S/c10-4-1-2-5(6(3-4)9(11,12)13)7-15-8(14)17-16-7/h1-3H,(H2,14,15,16). The summed E-state index contributed by atoms with van der Waals surface area (Å²) in [5.41, 5.74) is 3.89. The number of halogens is 4. The SMILES string of the molecule is Nc1nc(-c2ccc(F)cc2C(F)(F)F)ns1. The molecule has 0 amide bonds. The lowest BCUT2D eigenvalue weighted by atomic mass is 10.1. The molecule has 8 heteroatoms. The molecule has 90 valence electrons. The number of hydrogen-bond acceptors (Lipinski definition) is 4. The number of nitrogens with two attached hydrogens (primary N) is 1. The van der Waals surface area contributed by atoms with E-state index in [4.69, 9.17) is 5.73 Å². The van der Waals surface area contributed by atoms with Gasteiger partial charge in [0.1, 0.15) is 5.82 Å². The molecule has 3 nitrogen and oxygen atoms in total. The molecule has 0 saturated carbocycles. The van der Waals surface area contributed by atoms with Gasteiger partial charge in [-0.25, -0.2) is 4.39 Å². The van der Waals surface area contributed by atoms with Gasteiger partial charge in [0.25, 0.3) is 0 Å². The Morgan fingerprint density at radius 3 is 2.47 bits per heavy atom. The number of nitrogen functional groups attached to an aromatic ring is 1. The molecular weight excluding hydrogens is 258 g/mol. The monoisotopic (exact) mass is 263 g/mol. The number of nitrogens with zero attached hydrogens (tertiary/aromatic N) is 2. The largest absolute Gasteiger partial charge is 0.417 e. The van der Waals surface area contributed by atoms with E-state index in [2.05, 4.69) is 9.36 Å². The number of hydrogen-bond donors (Lipinski definition) is 1. The molecule has 2 aromatic rings. The smallest absolute Gasteiger partial charge is 0.374 e. The van der Waals surface area contributed by atoms with E-state index in [1.807, 2.05) is 0 Å². The highest BCUT2D eigenvalue weighted by Gasteiger charge is 2.35. The molecule has 0 spiro atoms. The van der Waals surface area contributed by atoms with Crippen LogP contribution in [0.2, 0.25) is 0 Å². The van der Waals surface area contributed by atoms with Crippen LogP contribution >= 0.6 is 11.5 Å². The molecule has 2 rings (SSSR count). The molecule has 0 radical (unpaired) electrons. The van der Waals surface area contributed by atoms with Crippen molar-refractivity contribution in [1.82, 2.24) is 9.36 Å². The average molecular weight is 263 g/mol. The van der Waals surface area contributed by atoms with Gasteiger partial charge >= 0.3 is 6.18 Å². The number of anilines is 1. The maximum atomic E-state index is 12.8. The van der Waals surface area contributed by atoms with Crippen molar-refractivity contribution in [3.8, 4) is 11.4 Å². The van der Waals surface area contributed by atoms with E-state index in [-0.39, 0.29) is 16.5 Å². The minimum atomic E-state index is -4.67. The van der Waals surface area contributed by atoms with Crippen LogP contribution in [0.5, 0.6) is 0 Å². The van der Waals surface area contributed by atoms with Crippen LogP contribution in [0.3, 0.4) is 0 Å². The third kappa shape index (κ3) is 2.36. The fourth-order valence-electron chi connectivity index (χ4n) is 1.29. The molecule has 0 unspecified atom stereocenters. The summed E-state index contributed by atoms with van der Waals surface area (Å²) in [5.74, 6) is -1.12. The highest BCUT2D eigenvalue weighted by Crippen LogP contribution is 2.36. The van der Waals surface area contributed by atoms with E-state index in [0.717, 1.165) is 23.7 Å². The maximum absolute atomic E-state index is 12.8. The predicted molar refractivity (Wildman–Crippen MR) is 54.7 cm³/mol. The van der Waals surface area contributed by atoms with Gasteiger partial charge in [-0.1, -0.05) is 0 Å². The zero-order valence-corrected chi connectivity index (χ0v) is 8.94. The van der Waals surface area contributed by atoms with E-state index in [1.54, 1.807) is 0 Å². The van der Waals surface area contributed by atoms with Crippen molar-refractivity contribution in [1.29, 1.82) is 0 Å². The molecule has 2 N–H and O–H groups in total. The van der Waals surface area contributed by atoms with E-state index in [9.17, 15) is 17.6 Å². The van der Waals surface area contributed by atoms with Crippen LogP contribution in [0, 0.1) is 5.82 Å². The van der Waals surface area contributed by atoms with E-state index < -0.39 is 17.6 Å². The Morgan fingerprint density at radius 1 is 1.24 bits per heavy atom. The van der Waals surface area contributed by atoms with Gasteiger partial charge < -0.3 is 5.73 Å². The normalized spacial score (nSPS) is 11.8. The first-order valence-corrected chi connectivity index (χ1v) is 5.11. The molecule has 0 aliphatic rings. The predicted octanol–water partition coefficient (Wildman–Crippen LogP) is 2.95. The summed E-state index contributed by atoms with van der Waals surface area (Å²) >= 11 is 0.778. The van der Waals surface area contributed by atoms with Gasteiger partial charge in [-0.3, -0.25) is 0 Å². The Bertz CT molecular complexity index is 549. The number of benzene rings is 1. The van der Waals surface area contributed by atoms with Gasteiger partial charge in [-0.05, 0) is 18.2 Å². The second-order valence-corrected chi connectivity index (χ2v) is 3.93. The summed E-state index contributed by atoms with van der Waals surface area (Å²) in [4.78, 5) is 3.65. The van der Waals surface area contributed by atoms with Gasteiger partial charge in [0.05, 0.1) is 5.56 Å². The molecule has 0 aliphatic heterocycles. The van der Waals surface area contributed by atoms with Gasteiger partial charge in [-0.15, -0.1) is 0 Å². The van der Waals surface area contributed by atoms with Crippen LogP contribution < -0.4 is 5.73 Å². The zero-order chi connectivity index (χ0) is 12.6. The average Bonchev–Trinajstić information content (AvgIpc) is 2.63. The lowest BCUT2D eigenvalue weighted by Gasteiger charge is -2.10. The highest BCUT2D eigenvalue weighted by molar-refractivity contribution is 7.09. The number of rotatable bonds is 1. The Labute approximate surface area is 97.1 Å². The second kappa shape index (κ2) is 3.95. The molecule has 0 saturated heterocycles. The van der Waals surface area contributed by atoms with Crippen molar-refractivity contribution in [2.24, 2.45) is 0 Å². The first-order valence-electron chi connectivity index (χ1n) is 4.34. The van der Waals surface area contributed by atoms with Crippen LogP contribution in [-0.2, 0) is 6.18 Å². The minimum absolute atomic E-state index is 0.0532. The van der Waals surface area contributed by atoms with Gasteiger partial charge in [0, 0.05) is 17.1 Å². The van der Waals surface area contributed by atoms with Crippen LogP contribution in [-0.4, -0.2) is 9.36 Å². The van der Waals surface area contributed by atoms with E-state index in [1.165, 1.54) is 0 Å². The zero-order valence-electron chi connectivity index (χ0n) is 8.12. The molecule has 1 aromatic carbocycles. The van der Waals surface area contributed by atoms with Gasteiger partial charge in [-0.2, -0.15) is 22.5 Å². The number of aromatic nitrogens is 2. The summed E-state index contributed by atoms with van der Waals surface area (Å²) in [7, 11) is 0. The summed E-state index contributed by atoms with van der Waals surface area (Å²) < 4.78 is 54.5. The lowest BCUT2D eigenvalue weighted by molar-refractivity contribution is -0.137. The molecule has 17 heavy (non-hydrogen) atoms. The number of alkyl halides is 3. The van der Waals surface area contributed by atoms with E-state index >= 15 is 0 Å². The van der Waals surface area contributed by atoms with Gasteiger partial charge in [0.15, 0.2) is 11.0 Å². The van der Waals surface area contributed by atoms with Crippen molar-refractivity contribution in [3.05, 3.63) is 29.6 Å². The molecule has 0 aliphatic carbocycles. The quantitative estimate of drug-likeness (QED) is 0.805. The molecule has 1 heterocycles. The topological polar surface area (TPSA) is 51.8 Å². The Balaban J connectivity index is 2.61. The van der Waals surface area contributed by atoms with Crippen molar-refractivity contribution in [3.63, 3.8) is 0 Å². The molecule has 1 aromatic heterocycles. The summed E-state index contributed by atoms with van der Waals surface area (Å²) in [6.07, 6.45) is -4.67. The third-order valence-electron chi connectivity index (χ3n) is 1.97. The summed E-state index contributed by atoms with van der Waals surface area (Å²) in [6, 6.07) is 2.31. The Kier molecular flexibility index (Phi) is 2.74. The minimum Gasteiger partial charge on any atom is -0.374 e. The molecule has 0 atom stereocenters. The first kappa shape index (κ1) is 11.8. The van der Waals surface area contributed by atoms with Crippen molar-refractivity contribution >= 4 is 16.7 Å². The lowest BCUT2D eigenvalue weighted by Crippen LogP contribution is -2.08. The highest BCUT2D eigenvalue weighted by atomic mass is 32.1.